The van der Waals surface area contributed by atoms with E-state index in [-0.39, 0.29) is 12.6 Å². The Morgan fingerprint density at radius 2 is 2.55 bits per heavy atom. The molecule has 0 aliphatic carbocycles. The molecule has 4 heteroatoms. The lowest BCUT2D eigenvalue weighted by atomic mass is 10.2. The van der Waals surface area contributed by atoms with Crippen molar-refractivity contribution in [1.82, 2.24) is 5.32 Å². The molecule has 1 saturated heterocycles. The Morgan fingerprint density at radius 1 is 1.73 bits per heavy atom. The molecule has 0 spiro atoms. The molecule has 0 radical (unpaired) electrons. The minimum absolute atomic E-state index is 0.0418. The maximum Gasteiger partial charge on any atom is 0.303 e. The maximum atomic E-state index is 10.2. The second kappa shape index (κ2) is 4.31. The van der Waals surface area contributed by atoms with Crippen LogP contribution >= 0.6 is 0 Å². The first-order chi connectivity index (χ1) is 5.29. The fraction of sp³-hybridized carbons (Fsp3) is 0.857. The molecule has 1 aliphatic heterocycles. The van der Waals surface area contributed by atoms with E-state index in [1.807, 2.05) is 0 Å². The summed E-state index contributed by atoms with van der Waals surface area (Å²) < 4.78 is 5.25. The summed E-state index contributed by atoms with van der Waals surface area (Å²) in [6, 6.07) is 0. The lowest BCUT2D eigenvalue weighted by molar-refractivity contribution is -0.138. The molecule has 11 heavy (non-hydrogen) atoms. The third-order valence-electron chi connectivity index (χ3n) is 1.63. The van der Waals surface area contributed by atoms with Gasteiger partial charge >= 0.3 is 5.97 Å². The summed E-state index contributed by atoms with van der Waals surface area (Å²) >= 11 is 0. The zero-order chi connectivity index (χ0) is 8.10. The van der Waals surface area contributed by atoms with Crippen LogP contribution in [0.4, 0.5) is 0 Å². The Bertz CT molecular complexity index is 132. The van der Waals surface area contributed by atoms with Gasteiger partial charge in [-0.3, -0.25) is 10.1 Å². The van der Waals surface area contributed by atoms with Crippen LogP contribution in [0, 0.1) is 0 Å². The number of ether oxygens (including phenoxy) is 1. The van der Waals surface area contributed by atoms with Gasteiger partial charge in [0.05, 0.1) is 0 Å². The van der Waals surface area contributed by atoms with Gasteiger partial charge in [0.25, 0.3) is 0 Å². The van der Waals surface area contributed by atoms with E-state index in [0.29, 0.717) is 6.42 Å². The molecule has 1 fully saturated rings. The zero-order valence-corrected chi connectivity index (χ0v) is 6.38. The van der Waals surface area contributed by atoms with Gasteiger partial charge < -0.3 is 9.84 Å². The molecule has 0 aromatic rings. The van der Waals surface area contributed by atoms with Crippen molar-refractivity contribution in [3.8, 4) is 0 Å². The molecular formula is C7H13NO3. The second-order valence-electron chi connectivity index (χ2n) is 2.60. The van der Waals surface area contributed by atoms with Gasteiger partial charge in [0, 0.05) is 13.0 Å². The highest BCUT2D eigenvalue weighted by Crippen LogP contribution is 2.03. The smallest absolute Gasteiger partial charge is 0.303 e. The molecule has 0 aromatic heterocycles. The van der Waals surface area contributed by atoms with Gasteiger partial charge in [0.2, 0.25) is 0 Å². The van der Waals surface area contributed by atoms with E-state index in [1.54, 1.807) is 0 Å². The lowest BCUT2D eigenvalue weighted by Gasteiger charge is -2.23. The summed E-state index contributed by atoms with van der Waals surface area (Å²) in [5.41, 5.74) is 0. The monoisotopic (exact) mass is 159 g/mol. The van der Waals surface area contributed by atoms with Gasteiger partial charge in [0.1, 0.15) is 6.23 Å². The van der Waals surface area contributed by atoms with E-state index in [1.165, 1.54) is 0 Å². The summed E-state index contributed by atoms with van der Waals surface area (Å²) in [7, 11) is 0. The fourth-order valence-electron chi connectivity index (χ4n) is 1.06. The molecule has 0 unspecified atom stereocenters. The fourth-order valence-corrected chi connectivity index (χ4v) is 1.06. The molecule has 0 aromatic carbocycles. The van der Waals surface area contributed by atoms with Crippen molar-refractivity contribution in [1.29, 1.82) is 0 Å². The number of carbonyl (C=O) groups is 1. The van der Waals surface area contributed by atoms with E-state index >= 15 is 0 Å². The summed E-state index contributed by atoms with van der Waals surface area (Å²) in [5, 5.41) is 11.4. The maximum absolute atomic E-state index is 10.2. The van der Waals surface area contributed by atoms with Crippen molar-refractivity contribution in [2.75, 3.05) is 13.2 Å². The number of nitrogens with one attached hydrogen (secondary N) is 1. The number of aliphatic carboxylic acids is 1. The third-order valence-corrected chi connectivity index (χ3v) is 1.63. The van der Waals surface area contributed by atoms with Gasteiger partial charge in [-0.05, 0) is 19.4 Å². The number of carboxylic acid groups (broad SMARTS) is 1. The van der Waals surface area contributed by atoms with Crippen molar-refractivity contribution in [2.24, 2.45) is 0 Å². The molecule has 0 saturated carbocycles. The summed E-state index contributed by atoms with van der Waals surface area (Å²) in [6.45, 7) is 1.68. The third kappa shape index (κ3) is 3.34. The molecule has 64 valence electrons. The quantitative estimate of drug-likeness (QED) is 0.617. The Hall–Kier alpha value is -0.610. The van der Waals surface area contributed by atoms with Crippen molar-refractivity contribution in [3.63, 3.8) is 0 Å². The van der Waals surface area contributed by atoms with E-state index in [4.69, 9.17) is 9.84 Å². The molecular weight excluding hydrogens is 146 g/mol. The first-order valence-corrected chi connectivity index (χ1v) is 3.86. The average molecular weight is 159 g/mol. The highest BCUT2D eigenvalue weighted by atomic mass is 16.5. The van der Waals surface area contributed by atoms with Crippen molar-refractivity contribution in [2.45, 2.75) is 25.5 Å². The van der Waals surface area contributed by atoms with Gasteiger partial charge in [0.15, 0.2) is 0 Å². The SMILES string of the molecule is O=C(O)CC[C@@H]1NCCCO1. The van der Waals surface area contributed by atoms with Gasteiger partial charge in [-0.15, -0.1) is 0 Å². The predicted octanol–water partition coefficient (Wildman–Crippen LogP) is 0.187. The Balaban J connectivity index is 2.09. The molecule has 1 aliphatic rings. The molecule has 1 heterocycles. The molecule has 0 amide bonds. The van der Waals surface area contributed by atoms with Crippen LogP contribution in [0.15, 0.2) is 0 Å². The molecule has 1 rings (SSSR count). The van der Waals surface area contributed by atoms with Gasteiger partial charge in [-0.1, -0.05) is 0 Å². The van der Waals surface area contributed by atoms with E-state index in [2.05, 4.69) is 5.32 Å². The van der Waals surface area contributed by atoms with E-state index in [0.717, 1.165) is 19.6 Å². The normalized spacial score (nSPS) is 24.9. The summed E-state index contributed by atoms with van der Waals surface area (Å²) in [5.74, 6) is -0.763. The van der Waals surface area contributed by atoms with E-state index < -0.39 is 5.97 Å². The summed E-state index contributed by atoms with van der Waals surface area (Å²) in [4.78, 5) is 10.2. The topological polar surface area (TPSA) is 58.6 Å². The van der Waals surface area contributed by atoms with Crippen LogP contribution in [0.25, 0.3) is 0 Å². The number of hydrogen-bond acceptors (Lipinski definition) is 3. The van der Waals surface area contributed by atoms with Crippen LogP contribution in [0.1, 0.15) is 19.3 Å². The van der Waals surface area contributed by atoms with E-state index in [9.17, 15) is 4.79 Å². The highest BCUT2D eigenvalue weighted by molar-refractivity contribution is 5.66. The molecule has 2 N–H and O–H groups in total. The van der Waals surface area contributed by atoms with Crippen molar-refractivity contribution in [3.05, 3.63) is 0 Å². The van der Waals surface area contributed by atoms with Crippen LogP contribution in [0.2, 0.25) is 0 Å². The van der Waals surface area contributed by atoms with Crippen LogP contribution in [-0.2, 0) is 9.53 Å². The van der Waals surface area contributed by atoms with Crippen LogP contribution in [0.3, 0.4) is 0 Å². The number of rotatable bonds is 3. The first kappa shape index (κ1) is 8.49. The zero-order valence-electron chi connectivity index (χ0n) is 6.38. The average Bonchev–Trinajstić information content (AvgIpc) is 2.03. The number of hydrogen-bond donors (Lipinski definition) is 2. The van der Waals surface area contributed by atoms with Crippen LogP contribution in [0.5, 0.6) is 0 Å². The largest absolute Gasteiger partial charge is 0.481 e. The Morgan fingerprint density at radius 3 is 3.09 bits per heavy atom. The highest BCUT2D eigenvalue weighted by Gasteiger charge is 2.13. The lowest BCUT2D eigenvalue weighted by Crippen LogP contribution is -2.38. The van der Waals surface area contributed by atoms with Crippen LogP contribution in [-0.4, -0.2) is 30.5 Å². The van der Waals surface area contributed by atoms with Crippen molar-refractivity contribution >= 4 is 5.97 Å². The number of carboxylic acids is 1. The van der Waals surface area contributed by atoms with Crippen LogP contribution < -0.4 is 5.32 Å². The standard InChI is InChI=1S/C7H13NO3/c9-7(10)3-2-6-8-4-1-5-11-6/h6,8H,1-5H2,(H,9,10)/t6-/m1/s1. The summed E-state index contributed by atoms with van der Waals surface area (Å²) in [6.07, 6.45) is 1.72. The Kier molecular flexibility index (Phi) is 3.32. The molecule has 1 atom stereocenters. The van der Waals surface area contributed by atoms with Gasteiger partial charge in [-0.2, -0.15) is 0 Å². The minimum Gasteiger partial charge on any atom is -0.481 e. The molecule has 4 nitrogen and oxygen atoms in total. The van der Waals surface area contributed by atoms with Gasteiger partial charge in [-0.25, -0.2) is 0 Å². The first-order valence-electron chi connectivity index (χ1n) is 3.86. The van der Waals surface area contributed by atoms with Crippen molar-refractivity contribution < 1.29 is 14.6 Å². The molecule has 0 bridgehead atoms. The predicted molar refractivity (Wildman–Crippen MR) is 39.2 cm³/mol. The Labute approximate surface area is 65.5 Å². The second-order valence-corrected chi connectivity index (χ2v) is 2.60. The minimum atomic E-state index is -0.763.